The minimum atomic E-state index is -0.540. The number of hydrogen-bond donors (Lipinski definition) is 0. The summed E-state index contributed by atoms with van der Waals surface area (Å²) < 4.78 is 28.6. The van der Waals surface area contributed by atoms with E-state index in [4.69, 9.17) is 0 Å². The standard InChI is InChI=1S/C15H8F2N2/c16-9-5-6-11-12(7-9)10-3-1-2-4-13(10)19-8-14(17)18-15(11)19/h1-8H. The first-order chi connectivity index (χ1) is 9.24. The number of aromatic nitrogens is 2. The molecule has 0 aliphatic carbocycles. The molecule has 2 nitrogen and oxygen atoms in total. The van der Waals surface area contributed by atoms with Gasteiger partial charge in [-0.05, 0) is 29.7 Å². The van der Waals surface area contributed by atoms with Crippen molar-refractivity contribution in [3.8, 4) is 0 Å². The summed E-state index contributed by atoms with van der Waals surface area (Å²) in [5.74, 6) is -0.851. The quantitative estimate of drug-likeness (QED) is 0.435. The number of pyridine rings is 1. The first kappa shape index (κ1) is 10.4. The molecule has 0 fully saturated rings. The molecular formula is C15H8F2N2. The van der Waals surface area contributed by atoms with Crippen LogP contribution >= 0.6 is 0 Å². The summed E-state index contributed by atoms with van der Waals surface area (Å²) in [6, 6.07) is 12.0. The molecule has 0 N–H and O–H groups in total. The Bertz CT molecular complexity index is 941. The molecule has 2 heterocycles. The van der Waals surface area contributed by atoms with Gasteiger partial charge < -0.3 is 0 Å². The van der Waals surface area contributed by atoms with E-state index in [-0.39, 0.29) is 5.82 Å². The average Bonchev–Trinajstić information content (AvgIpc) is 2.81. The number of hydrogen-bond acceptors (Lipinski definition) is 1. The van der Waals surface area contributed by atoms with Gasteiger partial charge in [0, 0.05) is 10.8 Å². The van der Waals surface area contributed by atoms with Crippen molar-refractivity contribution in [2.24, 2.45) is 0 Å². The molecule has 0 amide bonds. The van der Waals surface area contributed by atoms with E-state index in [2.05, 4.69) is 4.98 Å². The predicted octanol–water partition coefficient (Wildman–Crippen LogP) is 3.92. The number of rotatable bonds is 0. The van der Waals surface area contributed by atoms with E-state index in [1.54, 1.807) is 10.5 Å². The van der Waals surface area contributed by atoms with Crippen LogP contribution in [0.5, 0.6) is 0 Å². The zero-order chi connectivity index (χ0) is 13.0. The van der Waals surface area contributed by atoms with Gasteiger partial charge in [-0.1, -0.05) is 18.2 Å². The van der Waals surface area contributed by atoms with Crippen LogP contribution in [-0.4, -0.2) is 9.38 Å². The number of halogens is 2. The van der Waals surface area contributed by atoms with Crippen LogP contribution in [0.3, 0.4) is 0 Å². The van der Waals surface area contributed by atoms with E-state index < -0.39 is 5.95 Å². The molecule has 4 rings (SSSR count). The minimum Gasteiger partial charge on any atom is -0.296 e. The van der Waals surface area contributed by atoms with Crippen molar-refractivity contribution < 1.29 is 8.78 Å². The van der Waals surface area contributed by atoms with Crippen molar-refractivity contribution in [2.75, 3.05) is 0 Å². The van der Waals surface area contributed by atoms with Gasteiger partial charge in [-0.25, -0.2) is 4.39 Å². The number of imidazole rings is 1. The highest BCUT2D eigenvalue weighted by molar-refractivity contribution is 6.11. The maximum atomic E-state index is 13.5. The van der Waals surface area contributed by atoms with E-state index in [0.29, 0.717) is 5.65 Å². The lowest BCUT2D eigenvalue weighted by Gasteiger charge is -2.07. The van der Waals surface area contributed by atoms with Gasteiger partial charge in [0.05, 0.1) is 11.7 Å². The number of benzene rings is 2. The fraction of sp³-hybridized carbons (Fsp3) is 0. The molecule has 0 atom stereocenters. The van der Waals surface area contributed by atoms with E-state index >= 15 is 0 Å². The van der Waals surface area contributed by atoms with Crippen molar-refractivity contribution in [2.45, 2.75) is 0 Å². The largest absolute Gasteiger partial charge is 0.296 e. The third-order valence-corrected chi connectivity index (χ3v) is 3.35. The first-order valence-electron chi connectivity index (χ1n) is 5.88. The Balaban J connectivity index is 2.42. The van der Waals surface area contributed by atoms with Gasteiger partial charge in [0.25, 0.3) is 0 Å². The Morgan fingerprint density at radius 3 is 2.63 bits per heavy atom. The van der Waals surface area contributed by atoms with Crippen molar-refractivity contribution in [1.82, 2.24) is 9.38 Å². The van der Waals surface area contributed by atoms with E-state index in [9.17, 15) is 8.78 Å². The summed E-state index contributed by atoms with van der Waals surface area (Å²) in [7, 11) is 0. The second kappa shape index (κ2) is 3.51. The lowest BCUT2D eigenvalue weighted by atomic mass is 10.1. The maximum absolute atomic E-state index is 13.5. The molecule has 0 aliphatic rings. The fourth-order valence-corrected chi connectivity index (χ4v) is 2.57. The highest BCUT2D eigenvalue weighted by Gasteiger charge is 2.11. The van der Waals surface area contributed by atoms with Crippen LogP contribution in [0.4, 0.5) is 8.78 Å². The third kappa shape index (κ3) is 1.37. The molecule has 2 aromatic heterocycles. The summed E-state index contributed by atoms with van der Waals surface area (Å²) in [6.07, 6.45) is 1.35. The summed E-state index contributed by atoms with van der Waals surface area (Å²) in [5.41, 5.74) is 1.32. The van der Waals surface area contributed by atoms with Gasteiger partial charge in [-0.15, -0.1) is 0 Å². The Hall–Kier alpha value is -2.49. The molecule has 0 saturated carbocycles. The smallest absolute Gasteiger partial charge is 0.231 e. The molecule has 0 bridgehead atoms. The van der Waals surface area contributed by atoms with Crippen LogP contribution in [0, 0.1) is 11.8 Å². The van der Waals surface area contributed by atoms with Crippen LogP contribution in [0.15, 0.2) is 48.7 Å². The minimum absolute atomic E-state index is 0.311. The normalized spacial score (nSPS) is 11.7. The van der Waals surface area contributed by atoms with Crippen LogP contribution in [0.2, 0.25) is 0 Å². The summed E-state index contributed by atoms with van der Waals surface area (Å²) >= 11 is 0. The molecule has 19 heavy (non-hydrogen) atoms. The third-order valence-electron chi connectivity index (χ3n) is 3.35. The van der Waals surface area contributed by atoms with Crippen LogP contribution < -0.4 is 0 Å². The molecule has 0 unspecified atom stereocenters. The Morgan fingerprint density at radius 1 is 0.895 bits per heavy atom. The predicted molar refractivity (Wildman–Crippen MR) is 70.1 cm³/mol. The number of fused-ring (bicyclic) bond motifs is 6. The van der Waals surface area contributed by atoms with E-state index in [0.717, 1.165) is 21.7 Å². The second-order valence-corrected chi connectivity index (χ2v) is 4.46. The summed E-state index contributed by atoms with van der Waals surface area (Å²) in [5, 5.41) is 2.36. The lowest BCUT2D eigenvalue weighted by molar-refractivity contribution is 0.592. The SMILES string of the molecule is Fc1ccc2c(c1)c1ccccc1n1cc(F)nc21. The lowest BCUT2D eigenvalue weighted by Crippen LogP contribution is -1.90. The summed E-state index contributed by atoms with van der Waals surface area (Å²) in [6.45, 7) is 0. The topological polar surface area (TPSA) is 17.3 Å². The molecular weight excluding hydrogens is 246 g/mol. The Labute approximate surface area is 106 Å². The fourth-order valence-electron chi connectivity index (χ4n) is 2.57. The molecule has 0 saturated heterocycles. The molecule has 0 aliphatic heterocycles. The Morgan fingerprint density at radius 2 is 1.74 bits per heavy atom. The van der Waals surface area contributed by atoms with Gasteiger partial charge in [-0.2, -0.15) is 9.37 Å². The zero-order valence-electron chi connectivity index (χ0n) is 9.77. The summed E-state index contributed by atoms with van der Waals surface area (Å²) in [4.78, 5) is 3.89. The molecule has 4 heteroatoms. The average molecular weight is 254 g/mol. The van der Waals surface area contributed by atoms with Crippen LogP contribution in [0.25, 0.3) is 27.3 Å². The molecule has 92 valence electrons. The van der Waals surface area contributed by atoms with Gasteiger partial charge in [-0.3, -0.25) is 4.40 Å². The van der Waals surface area contributed by atoms with Gasteiger partial charge in [0.15, 0.2) is 0 Å². The number of nitrogens with zero attached hydrogens (tertiary/aromatic N) is 2. The van der Waals surface area contributed by atoms with Crippen LogP contribution in [0.1, 0.15) is 0 Å². The maximum Gasteiger partial charge on any atom is 0.231 e. The van der Waals surface area contributed by atoms with Gasteiger partial charge in [0.1, 0.15) is 11.5 Å². The van der Waals surface area contributed by atoms with Crippen molar-refractivity contribution >= 4 is 27.3 Å². The molecule has 4 aromatic rings. The Kier molecular flexibility index (Phi) is 1.93. The zero-order valence-corrected chi connectivity index (χ0v) is 9.77. The first-order valence-corrected chi connectivity index (χ1v) is 5.88. The number of para-hydroxylation sites is 1. The van der Waals surface area contributed by atoms with Crippen LogP contribution in [-0.2, 0) is 0 Å². The van der Waals surface area contributed by atoms with E-state index in [1.165, 1.54) is 18.3 Å². The monoisotopic (exact) mass is 254 g/mol. The van der Waals surface area contributed by atoms with E-state index in [1.807, 2.05) is 24.3 Å². The molecule has 0 spiro atoms. The highest BCUT2D eigenvalue weighted by Crippen LogP contribution is 2.29. The second-order valence-electron chi connectivity index (χ2n) is 4.46. The molecule has 0 radical (unpaired) electrons. The van der Waals surface area contributed by atoms with Crippen molar-refractivity contribution in [3.63, 3.8) is 0 Å². The van der Waals surface area contributed by atoms with Gasteiger partial charge >= 0.3 is 0 Å². The van der Waals surface area contributed by atoms with Gasteiger partial charge in [0.2, 0.25) is 5.95 Å². The molecule has 2 aromatic carbocycles. The highest BCUT2D eigenvalue weighted by atomic mass is 19.1. The van der Waals surface area contributed by atoms with Crippen molar-refractivity contribution in [3.05, 3.63) is 60.4 Å². The van der Waals surface area contributed by atoms with Crippen molar-refractivity contribution in [1.29, 1.82) is 0 Å².